The fraction of sp³-hybridized carbons (Fsp3) is 0.462. The van der Waals surface area contributed by atoms with Crippen molar-refractivity contribution in [3.8, 4) is 0 Å². The first-order valence-corrected chi connectivity index (χ1v) is 6.59. The van der Waals surface area contributed by atoms with Gasteiger partial charge in [0.2, 0.25) is 0 Å². The molecule has 21 heavy (non-hydrogen) atoms. The Labute approximate surface area is 118 Å². The molecule has 0 amide bonds. The number of nitro benzene ring substituents is 1. The second kappa shape index (κ2) is 4.96. The summed E-state index contributed by atoms with van der Waals surface area (Å²) in [5.74, 6) is -2.58. The van der Waals surface area contributed by atoms with E-state index in [2.05, 4.69) is 5.32 Å². The Balaban J connectivity index is 1.93. The topological polar surface area (TPSA) is 102 Å². The Bertz CT molecular complexity index is 621. The van der Waals surface area contributed by atoms with Gasteiger partial charge in [-0.2, -0.15) is 0 Å². The predicted octanol–water partition coefficient (Wildman–Crippen LogP) is 2.16. The quantitative estimate of drug-likeness (QED) is 0.652. The van der Waals surface area contributed by atoms with Crippen molar-refractivity contribution in [3.63, 3.8) is 0 Å². The zero-order valence-electron chi connectivity index (χ0n) is 10.9. The van der Waals surface area contributed by atoms with Crippen molar-refractivity contribution in [2.45, 2.75) is 37.5 Å². The van der Waals surface area contributed by atoms with Crippen LogP contribution < -0.4 is 5.32 Å². The van der Waals surface area contributed by atoms with Crippen molar-refractivity contribution in [2.24, 2.45) is 0 Å². The molecule has 3 unspecified atom stereocenters. The lowest BCUT2D eigenvalue weighted by molar-refractivity contribution is -0.384. The van der Waals surface area contributed by atoms with Crippen LogP contribution >= 0.6 is 0 Å². The number of carboxylic acid groups (broad SMARTS) is 1. The lowest BCUT2D eigenvalue weighted by atomic mass is 9.95. The molecule has 0 aliphatic carbocycles. The largest absolute Gasteiger partial charge is 0.478 e. The van der Waals surface area contributed by atoms with E-state index >= 15 is 0 Å². The molecule has 2 heterocycles. The van der Waals surface area contributed by atoms with Gasteiger partial charge in [0.05, 0.1) is 34.8 Å². The third-order valence-corrected chi connectivity index (χ3v) is 3.96. The second-order valence-electron chi connectivity index (χ2n) is 5.27. The van der Waals surface area contributed by atoms with Crippen LogP contribution in [0.25, 0.3) is 0 Å². The van der Waals surface area contributed by atoms with Gasteiger partial charge in [0, 0.05) is 0 Å². The summed E-state index contributed by atoms with van der Waals surface area (Å²) in [4.78, 5) is 21.2. The highest BCUT2D eigenvalue weighted by atomic mass is 19.1. The molecule has 2 bridgehead atoms. The van der Waals surface area contributed by atoms with E-state index in [1.165, 1.54) is 0 Å². The first-order valence-electron chi connectivity index (χ1n) is 6.59. The summed E-state index contributed by atoms with van der Waals surface area (Å²) in [7, 11) is 0. The SMILES string of the molecule is O=C(O)c1cc(NC2CC3CCC2O3)c([N+](=O)[O-])cc1F. The number of nitrogens with zero attached hydrogens (tertiary/aromatic N) is 1. The van der Waals surface area contributed by atoms with Gasteiger partial charge in [-0.3, -0.25) is 10.1 Å². The minimum atomic E-state index is -1.46. The van der Waals surface area contributed by atoms with Crippen LogP contribution in [-0.4, -0.2) is 34.2 Å². The normalized spacial score (nSPS) is 26.8. The zero-order chi connectivity index (χ0) is 15.1. The molecule has 2 N–H and O–H groups in total. The molecule has 2 aliphatic rings. The first-order chi connectivity index (χ1) is 9.95. The summed E-state index contributed by atoms with van der Waals surface area (Å²) < 4.78 is 19.2. The number of nitro groups is 1. The summed E-state index contributed by atoms with van der Waals surface area (Å²) >= 11 is 0. The van der Waals surface area contributed by atoms with E-state index in [1.807, 2.05) is 0 Å². The van der Waals surface area contributed by atoms with Gasteiger partial charge in [-0.1, -0.05) is 0 Å². The molecule has 2 saturated heterocycles. The Kier molecular flexibility index (Phi) is 3.25. The Morgan fingerprint density at radius 1 is 1.48 bits per heavy atom. The van der Waals surface area contributed by atoms with E-state index in [9.17, 15) is 19.3 Å². The Hall–Kier alpha value is -2.22. The highest BCUT2D eigenvalue weighted by Gasteiger charge is 2.41. The van der Waals surface area contributed by atoms with Gasteiger partial charge >= 0.3 is 5.97 Å². The summed E-state index contributed by atoms with van der Waals surface area (Å²) in [6, 6.07) is 1.50. The lowest BCUT2D eigenvalue weighted by Crippen LogP contribution is -2.30. The number of aromatic carboxylic acids is 1. The molecule has 7 nitrogen and oxygen atoms in total. The summed E-state index contributed by atoms with van der Waals surface area (Å²) in [6.07, 6.45) is 2.65. The van der Waals surface area contributed by atoms with Crippen molar-refractivity contribution in [1.82, 2.24) is 0 Å². The molecule has 8 heteroatoms. The second-order valence-corrected chi connectivity index (χ2v) is 5.27. The van der Waals surface area contributed by atoms with Crippen LogP contribution in [0.2, 0.25) is 0 Å². The fourth-order valence-corrected chi connectivity index (χ4v) is 2.98. The molecule has 1 aromatic rings. The van der Waals surface area contributed by atoms with E-state index in [1.54, 1.807) is 0 Å². The van der Waals surface area contributed by atoms with Crippen LogP contribution in [0.1, 0.15) is 29.6 Å². The number of hydrogen-bond donors (Lipinski definition) is 2. The van der Waals surface area contributed by atoms with Crippen molar-refractivity contribution in [2.75, 3.05) is 5.32 Å². The number of fused-ring (bicyclic) bond motifs is 2. The molecule has 3 atom stereocenters. The first kappa shape index (κ1) is 13.7. The van der Waals surface area contributed by atoms with Gasteiger partial charge in [0.1, 0.15) is 11.5 Å². The van der Waals surface area contributed by atoms with Crippen LogP contribution in [0.15, 0.2) is 12.1 Å². The Morgan fingerprint density at radius 2 is 2.24 bits per heavy atom. The number of carbonyl (C=O) groups is 1. The third kappa shape index (κ3) is 2.42. The molecule has 2 aliphatic heterocycles. The molecule has 3 rings (SSSR count). The zero-order valence-corrected chi connectivity index (χ0v) is 10.9. The summed E-state index contributed by atoms with van der Waals surface area (Å²) in [5.41, 5.74) is -1.05. The molecule has 0 aromatic heterocycles. The van der Waals surface area contributed by atoms with Crippen molar-refractivity contribution in [3.05, 3.63) is 33.6 Å². The van der Waals surface area contributed by atoms with Crippen LogP contribution in [0, 0.1) is 15.9 Å². The highest BCUT2D eigenvalue weighted by molar-refractivity contribution is 5.90. The number of benzene rings is 1. The predicted molar refractivity (Wildman–Crippen MR) is 69.9 cm³/mol. The van der Waals surface area contributed by atoms with Gasteiger partial charge in [0.15, 0.2) is 0 Å². The average molecular weight is 296 g/mol. The molecule has 112 valence electrons. The number of carboxylic acids is 1. The number of halogens is 1. The van der Waals surface area contributed by atoms with E-state index in [0.717, 1.165) is 18.9 Å². The van der Waals surface area contributed by atoms with Gasteiger partial charge in [-0.05, 0) is 25.3 Å². The van der Waals surface area contributed by atoms with Gasteiger partial charge in [0.25, 0.3) is 5.69 Å². The van der Waals surface area contributed by atoms with Crippen LogP contribution in [0.3, 0.4) is 0 Å². The third-order valence-electron chi connectivity index (χ3n) is 3.96. The molecule has 2 fully saturated rings. The standard InChI is InChI=1S/C13H13FN2O5/c14-8-5-11(16(19)20)9(4-7(8)13(17)18)15-10-3-6-1-2-12(10)21-6/h4-6,10,12,15H,1-3H2,(H,17,18). The minimum Gasteiger partial charge on any atom is -0.478 e. The van der Waals surface area contributed by atoms with Gasteiger partial charge in [-0.15, -0.1) is 0 Å². The smallest absolute Gasteiger partial charge is 0.338 e. The molecule has 0 radical (unpaired) electrons. The maximum atomic E-state index is 13.6. The van der Waals surface area contributed by atoms with E-state index < -0.39 is 28.0 Å². The van der Waals surface area contributed by atoms with Crippen LogP contribution in [0.4, 0.5) is 15.8 Å². The van der Waals surface area contributed by atoms with Crippen LogP contribution in [-0.2, 0) is 4.74 Å². The molecular weight excluding hydrogens is 283 g/mol. The highest BCUT2D eigenvalue weighted by Crippen LogP contribution is 2.38. The minimum absolute atomic E-state index is 0.0138. The van der Waals surface area contributed by atoms with Gasteiger partial charge in [-0.25, -0.2) is 9.18 Å². The number of anilines is 1. The number of hydrogen-bond acceptors (Lipinski definition) is 5. The van der Waals surface area contributed by atoms with Crippen molar-refractivity contribution < 1.29 is 24.0 Å². The monoisotopic (exact) mass is 296 g/mol. The lowest BCUT2D eigenvalue weighted by Gasteiger charge is -2.21. The molecule has 1 aromatic carbocycles. The summed E-state index contributed by atoms with van der Waals surface area (Å²) in [6.45, 7) is 0. The van der Waals surface area contributed by atoms with E-state index in [4.69, 9.17) is 9.84 Å². The number of nitrogens with one attached hydrogen (secondary N) is 1. The van der Waals surface area contributed by atoms with Crippen molar-refractivity contribution in [1.29, 1.82) is 0 Å². The van der Waals surface area contributed by atoms with E-state index in [-0.39, 0.29) is 23.9 Å². The Morgan fingerprint density at radius 3 is 2.76 bits per heavy atom. The van der Waals surface area contributed by atoms with Gasteiger partial charge < -0.3 is 15.2 Å². The molecule has 0 spiro atoms. The maximum absolute atomic E-state index is 13.6. The number of ether oxygens (including phenoxy) is 1. The fourth-order valence-electron chi connectivity index (χ4n) is 2.98. The maximum Gasteiger partial charge on any atom is 0.338 e. The van der Waals surface area contributed by atoms with Crippen molar-refractivity contribution >= 4 is 17.3 Å². The molecule has 0 saturated carbocycles. The summed E-state index contributed by atoms with van der Waals surface area (Å²) in [5, 5.41) is 22.9. The van der Waals surface area contributed by atoms with Crippen LogP contribution in [0.5, 0.6) is 0 Å². The number of rotatable bonds is 4. The molecular formula is C13H13FN2O5. The average Bonchev–Trinajstić information content (AvgIpc) is 3.02. The van der Waals surface area contributed by atoms with E-state index in [0.29, 0.717) is 12.5 Å².